The Balaban J connectivity index is 1.83. The van der Waals surface area contributed by atoms with Crippen LogP contribution < -0.4 is 11.1 Å². The third-order valence-corrected chi connectivity index (χ3v) is 4.89. The first-order valence-corrected chi connectivity index (χ1v) is 7.02. The summed E-state index contributed by atoms with van der Waals surface area (Å²) in [6, 6.07) is 0. The van der Waals surface area contributed by atoms with Crippen LogP contribution in [0.1, 0.15) is 46.5 Å². The summed E-state index contributed by atoms with van der Waals surface area (Å²) in [6.07, 6.45) is 5.90. The van der Waals surface area contributed by atoms with E-state index in [0.29, 0.717) is 5.92 Å². The Morgan fingerprint density at radius 1 is 1.19 bits per heavy atom. The molecule has 2 nitrogen and oxygen atoms in total. The topological polar surface area (TPSA) is 38.0 Å². The first-order valence-electron chi connectivity index (χ1n) is 7.02. The molecular weight excluding hydrogens is 196 g/mol. The van der Waals surface area contributed by atoms with Crippen molar-refractivity contribution < 1.29 is 0 Å². The minimum atomic E-state index is 0.127. The largest absolute Gasteiger partial charge is 0.329 e. The van der Waals surface area contributed by atoms with Gasteiger partial charge in [-0.25, -0.2) is 0 Å². The van der Waals surface area contributed by atoms with Gasteiger partial charge in [0.15, 0.2) is 0 Å². The van der Waals surface area contributed by atoms with Crippen LogP contribution in [-0.4, -0.2) is 18.6 Å². The lowest BCUT2D eigenvalue weighted by molar-refractivity contribution is 0.236. The fraction of sp³-hybridized carbons (Fsp3) is 1.00. The van der Waals surface area contributed by atoms with Crippen LogP contribution in [-0.2, 0) is 0 Å². The Morgan fingerprint density at radius 3 is 2.00 bits per heavy atom. The average Bonchev–Trinajstić information content (AvgIpc) is 3.10. The van der Waals surface area contributed by atoms with Crippen molar-refractivity contribution in [2.75, 3.05) is 13.1 Å². The minimum absolute atomic E-state index is 0.127. The Bertz CT molecular complexity index is 219. The summed E-state index contributed by atoms with van der Waals surface area (Å²) in [5.74, 6) is 3.63. The Morgan fingerprint density at radius 2 is 1.69 bits per heavy atom. The monoisotopic (exact) mass is 224 g/mol. The Hall–Kier alpha value is -0.0800. The van der Waals surface area contributed by atoms with E-state index in [4.69, 9.17) is 5.73 Å². The molecule has 0 spiro atoms. The van der Waals surface area contributed by atoms with Crippen molar-refractivity contribution in [3.63, 3.8) is 0 Å². The maximum Gasteiger partial charge on any atom is 0.0298 e. The summed E-state index contributed by atoms with van der Waals surface area (Å²) < 4.78 is 0. The molecule has 0 aliphatic heterocycles. The maximum absolute atomic E-state index is 5.92. The van der Waals surface area contributed by atoms with E-state index < -0.39 is 0 Å². The van der Waals surface area contributed by atoms with Gasteiger partial charge in [0.05, 0.1) is 0 Å². The number of rotatable bonds is 7. The molecule has 0 aromatic heterocycles. The molecule has 0 saturated heterocycles. The van der Waals surface area contributed by atoms with Gasteiger partial charge >= 0.3 is 0 Å². The molecule has 0 radical (unpaired) electrons. The van der Waals surface area contributed by atoms with Gasteiger partial charge in [-0.1, -0.05) is 13.8 Å². The Kier molecular flexibility index (Phi) is 3.60. The van der Waals surface area contributed by atoms with E-state index in [1.165, 1.54) is 32.2 Å². The van der Waals surface area contributed by atoms with Gasteiger partial charge in [0.1, 0.15) is 0 Å². The van der Waals surface area contributed by atoms with Crippen molar-refractivity contribution in [3.8, 4) is 0 Å². The van der Waals surface area contributed by atoms with E-state index in [0.717, 1.165) is 24.3 Å². The highest BCUT2D eigenvalue weighted by Gasteiger charge is 2.42. The van der Waals surface area contributed by atoms with Crippen LogP contribution in [0.4, 0.5) is 0 Å². The number of hydrogen-bond acceptors (Lipinski definition) is 2. The van der Waals surface area contributed by atoms with Gasteiger partial charge in [0.25, 0.3) is 0 Å². The molecule has 2 heteroatoms. The normalized spacial score (nSPS) is 25.1. The molecule has 2 fully saturated rings. The molecule has 1 unspecified atom stereocenters. The van der Waals surface area contributed by atoms with Crippen LogP contribution in [0.2, 0.25) is 0 Å². The first-order chi connectivity index (χ1) is 7.57. The molecule has 1 atom stereocenters. The zero-order valence-corrected chi connectivity index (χ0v) is 11.1. The second-order valence-corrected chi connectivity index (χ2v) is 6.50. The van der Waals surface area contributed by atoms with E-state index in [9.17, 15) is 0 Å². The van der Waals surface area contributed by atoms with Crippen molar-refractivity contribution >= 4 is 0 Å². The summed E-state index contributed by atoms with van der Waals surface area (Å²) in [7, 11) is 0. The predicted octanol–water partition coefficient (Wildman–Crippen LogP) is 2.39. The zero-order valence-electron chi connectivity index (χ0n) is 11.1. The van der Waals surface area contributed by atoms with Crippen molar-refractivity contribution in [2.24, 2.45) is 29.4 Å². The van der Waals surface area contributed by atoms with Crippen molar-refractivity contribution in [2.45, 2.75) is 52.0 Å². The standard InChI is InChI=1S/C14H28N2/c1-10(2)14(3,9-15)16-8-13(11-4-5-11)12-6-7-12/h10-13,16H,4-9,15H2,1-3H3. The third-order valence-electron chi connectivity index (χ3n) is 4.89. The van der Waals surface area contributed by atoms with E-state index in [2.05, 4.69) is 26.1 Å². The van der Waals surface area contributed by atoms with Crippen LogP contribution in [0.15, 0.2) is 0 Å². The van der Waals surface area contributed by atoms with Crippen LogP contribution in [0.25, 0.3) is 0 Å². The summed E-state index contributed by atoms with van der Waals surface area (Å²) >= 11 is 0. The van der Waals surface area contributed by atoms with Gasteiger partial charge in [0.2, 0.25) is 0 Å². The van der Waals surface area contributed by atoms with E-state index in [-0.39, 0.29) is 5.54 Å². The minimum Gasteiger partial charge on any atom is -0.329 e. The number of hydrogen-bond donors (Lipinski definition) is 2. The molecule has 94 valence electrons. The van der Waals surface area contributed by atoms with Crippen LogP contribution in [0.3, 0.4) is 0 Å². The highest BCUT2D eigenvalue weighted by Crippen LogP contribution is 2.49. The molecule has 0 amide bonds. The maximum atomic E-state index is 5.92. The van der Waals surface area contributed by atoms with Gasteiger partial charge in [-0.3, -0.25) is 0 Å². The van der Waals surface area contributed by atoms with Crippen LogP contribution in [0.5, 0.6) is 0 Å². The molecule has 2 saturated carbocycles. The number of nitrogens with two attached hydrogens (primary N) is 1. The molecule has 0 aromatic carbocycles. The quantitative estimate of drug-likeness (QED) is 0.697. The number of nitrogens with one attached hydrogen (secondary N) is 1. The summed E-state index contributed by atoms with van der Waals surface area (Å²) in [5.41, 5.74) is 6.04. The fourth-order valence-corrected chi connectivity index (χ4v) is 2.63. The van der Waals surface area contributed by atoms with Crippen molar-refractivity contribution in [1.29, 1.82) is 0 Å². The smallest absolute Gasteiger partial charge is 0.0298 e. The highest BCUT2D eigenvalue weighted by molar-refractivity contribution is 4.95. The van der Waals surface area contributed by atoms with E-state index in [1.807, 2.05) is 0 Å². The first kappa shape index (κ1) is 12.4. The molecule has 0 heterocycles. The van der Waals surface area contributed by atoms with Gasteiger partial charge in [0, 0.05) is 12.1 Å². The summed E-state index contributed by atoms with van der Waals surface area (Å²) in [6.45, 7) is 8.74. The SMILES string of the molecule is CC(C)C(C)(CN)NCC(C1CC1)C1CC1. The van der Waals surface area contributed by atoms with Crippen LogP contribution in [0, 0.1) is 23.7 Å². The lowest BCUT2D eigenvalue weighted by atomic mass is 9.87. The zero-order chi connectivity index (χ0) is 11.8. The molecule has 2 rings (SSSR count). The van der Waals surface area contributed by atoms with Gasteiger partial charge in [-0.15, -0.1) is 0 Å². The van der Waals surface area contributed by atoms with Gasteiger partial charge < -0.3 is 11.1 Å². The molecule has 0 aromatic rings. The summed E-state index contributed by atoms with van der Waals surface area (Å²) in [5, 5.41) is 3.76. The molecular formula is C14H28N2. The van der Waals surface area contributed by atoms with E-state index in [1.54, 1.807) is 0 Å². The molecule has 0 bridgehead atoms. The predicted molar refractivity (Wildman–Crippen MR) is 69.2 cm³/mol. The lowest BCUT2D eigenvalue weighted by Crippen LogP contribution is -2.54. The Labute approximate surface area is 100 Å². The van der Waals surface area contributed by atoms with Crippen molar-refractivity contribution in [1.82, 2.24) is 5.32 Å². The van der Waals surface area contributed by atoms with Gasteiger partial charge in [-0.05, 0) is 62.8 Å². The lowest BCUT2D eigenvalue weighted by Gasteiger charge is -2.35. The van der Waals surface area contributed by atoms with E-state index >= 15 is 0 Å². The van der Waals surface area contributed by atoms with Gasteiger partial charge in [-0.2, -0.15) is 0 Å². The fourth-order valence-electron chi connectivity index (χ4n) is 2.63. The third kappa shape index (κ3) is 2.78. The molecule has 3 N–H and O–H groups in total. The molecule has 2 aliphatic carbocycles. The summed E-state index contributed by atoms with van der Waals surface area (Å²) in [4.78, 5) is 0. The average molecular weight is 224 g/mol. The second kappa shape index (κ2) is 4.66. The molecule has 2 aliphatic rings. The van der Waals surface area contributed by atoms with Crippen LogP contribution >= 0.6 is 0 Å². The van der Waals surface area contributed by atoms with Crippen molar-refractivity contribution in [3.05, 3.63) is 0 Å². The molecule has 16 heavy (non-hydrogen) atoms. The highest BCUT2D eigenvalue weighted by atomic mass is 15.0. The second-order valence-electron chi connectivity index (χ2n) is 6.50.